The summed E-state index contributed by atoms with van der Waals surface area (Å²) in [5.74, 6) is 4.89. The van der Waals surface area contributed by atoms with E-state index in [1.807, 2.05) is 19.1 Å². The van der Waals surface area contributed by atoms with Crippen LogP contribution in [0.4, 0.5) is 0 Å². The quantitative estimate of drug-likeness (QED) is 0.411. The van der Waals surface area contributed by atoms with Gasteiger partial charge in [-0.15, -0.1) is 0 Å². The van der Waals surface area contributed by atoms with E-state index in [1.54, 1.807) is 12.1 Å². The molecule has 4 fully saturated rings. The van der Waals surface area contributed by atoms with Crippen LogP contribution in [0.25, 0.3) is 0 Å². The minimum Gasteiger partial charge on any atom is -0.490 e. The normalized spacial score (nSPS) is 28.2. The third-order valence-corrected chi connectivity index (χ3v) is 8.39. The van der Waals surface area contributed by atoms with Crippen molar-refractivity contribution >= 4 is 34.8 Å². The number of ether oxygens (including phenoxy) is 2. The molecule has 2 aromatic carbocycles. The van der Waals surface area contributed by atoms with Crippen molar-refractivity contribution in [3.8, 4) is 11.5 Å². The molecule has 0 aliphatic heterocycles. The molecule has 0 heterocycles. The molecule has 3 nitrogen and oxygen atoms in total. The Balaban J connectivity index is 1.28. The van der Waals surface area contributed by atoms with Crippen LogP contribution in [0.5, 0.6) is 11.5 Å². The Bertz CT molecular complexity index is 952. The summed E-state index contributed by atoms with van der Waals surface area (Å²) in [5, 5.41) is 5.61. The van der Waals surface area contributed by atoms with Crippen molar-refractivity contribution in [2.24, 2.45) is 23.7 Å². The molecule has 1 N–H and O–H groups in total. The van der Waals surface area contributed by atoms with Gasteiger partial charge < -0.3 is 14.8 Å². The first-order valence-electron chi connectivity index (χ1n) is 11.8. The van der Waals surface area contributed by atoms with E-state index < -0.39 is 0 Å². The van der Waals surface area contributed by atoms with Gasteiger partial charge in [0.1, 0.15) is 6.61 Å². The molecule has 4 saturated carbocycles. The minimum atomic E-state index is 0.293. The van der Waals surface area contributed by atoms with E-state index in [0.717, 1.165) is 41.3 Å². The van der Waals surface area contributed by atoms with Crippen LogP contribution in [0.15, 0.2) is 30.3 Å². The van der Waals surface area contributed by atoms with Gasteiger partial charge in [0, 0.05) is 28.2 Å². The molecule has 0 saturated heterocycles. The van der Waals surface area contributed by atoms with Crippen LogP contribution in [0.2, 0.25) is 15.1 Å². The Hall–Kier alpha value is -1.13. The second-order valence-corrected chi connectivity index (χ2v) is 11.0. The fourth-order valence-electron chi connectivity index (χ4n) is 6.41. The summed E-state index contributed by atoms with van der Waals surface area (Å²) in [6.07, 6.45) is 7.13. The zero-order valence-electron chi connectivity index (χ0n) is 18.4. The second kappa shape index (κ2) is 9.62. The largest absolute Gasteiger partial charge is 0.490 e. The zero-order valence-corrected chi connectivity index (χ0v) is 20.6. The lowest BCUT2D eigenvalue weighted by Gasteiger charge is -2.54. The third kappa shape index (κ3) is 4.73. The first-order valence-corrected chi connectivity index (χ1v) is 12.9. The average molecular weight is 495 g/mol. The summed E-state index contributed by atoms with van der Waals surface area (Å²) in [5.41, 5.74) is 1.98. The van der Waals surface area contributed by atoms with E-state index in [0.29, 0.717) is 45.8 Å². The summed E-state index contributed by atoms with van der Waals surface area (Å²) in [7, 11) is 0. The Morgan fingerprint density at radius 1 is 0.875 bits per heavy atom. The highest BCUT2D eigenvalue weighted by Gasteiger charge is 2.47. The SMILES string of the molecule is CCOc1cc(CNC2C3CC4CC(C3)CC2C4)cc(Cl)c1OCc1ccc(Cl)cc1Cl. The first-order chi connectivity index (χ1) is 15.5. The molecule has 0 atom stereocenters. The fourth-order valence-corrected chi connectivity index (χ4v) is 7.16. The van der Waals surface area contributed by atoms with Crippen LogP contribution in [-0.4, -0.2) is 12.6 Å². The van der Waals surface area contributed by atoms with Gasteiger partial charge in [0.15, 0.2) is 11.5 Å². The summed E-state index contributed by atoms with van der Waals surface area (Å²) in [4.78, 5) is 0. The maximum atomic E-state index is 6.66. The first kappa shape index (κ1) is 22.7. The maximum Gasteiger partial charge on any atom is 0.180 e. The molecular formula is C26H30Cl3NO2. The number of nitrogens with one attached hydrogen (secondary N) is 1. The molecule has 0 amide bonds. The average Bonchev–Trinajstić information content (AvgIpc) is 2.73. The van der Waals surface area contributed by atoms with Gasteiger partial charge in [-0.05, 0) is 92.5 Å². The van der Waals surface area contributed by atoms with Gasteiger partial charge in [0.2, 0.25) is 0 Å². The molecule has 172 valence electrons. The molecular weight excluding hydrogens is 465 g/mol. The lowest BCUT2D eigenvalue weighted by molar-refractivity contribution is -0.0142. The molecule has 6 heteroatoms. The molecule has 32 heavy (non-hydrogen) atoms. The van der Waals surface area contributed by atoms with Gasteiger partial charge in [-0.2, -0.15) is 0 Å². The van der Waals surface area contributed by atoms with Crippen LogP contribution >= 0.6 is 34.8 Å². The lowest BCUT2D eigenvalue weighted by Crippen LogP contribution is -2.54. The molecule has 4 aliphatic rings. The summed E-state index contributed by atoms with van der Waals surface area (Å²) in [6, 6.07) is 10.1. The minimum absolute atomic E-state index is 0.293. The van der Waals surface area contributed by atoms with Crippen molar-refractivity contribution in [2.75, 3.05) is 6.61 Å². The van der Waals surface area contributed by atoms with E-state index in [9.17, 15) is 0 Å². The summed E-state index contributed by atoms with van der Waals surface area (Å²) < 4.78 is 11.9. The maximum absolute atomic E-state index is 6.66. The molecule has 0 radical (unpaired) electrons. The van der Waals surface area contributed by atoms with Crippen molar-refractivity contribution in [1.29, 1.82) is 0 Å². The van der Waals surface area contributed by atoms with Gasteiger partial charge in [-0.1, -0.05) is 40.9 Å². The van der Waals surface area contributed by atoms with Crippen LogP contribution in [0, 0.1) is 23.7 Å². The molecule has 2 aromatic rings. The van der Waals surface area contributed by atoms with Crippen LogP contribution < -0.4 is 14.8 Å². The predicted octanol–water partition coefficient (Wildman–Crippen LogP) is 7.54. The second-order valence-electron chi connectivity index (χ2n) is 9.70. The van der Waals surface area contributed by atoms with Crippen molar-refractivity contribution in [3.05, 3.63) is 56.5 Å². The molecule has 0 aromatic heterocycles. The molecule has 4 aliphatic carbocycles. The highest BCUT2D eigenvalue weighted by Crippen LogP contribution is 2.53. The Morgan fingerprint density at radius 2 is 1.59 bits per heavy atom. The Morgan fingerprint density at radius 3 is 2.25 bits per heavy atom. The molecule has 0 unspecified atom stereocenters. The highest BCUT2D eigenvalue weighted by molar-refractivity contribution is 6.35. The topological polar surface area (TPSA) is 30.5 Å². The van der Waals surface area contributed by atoms with E-state index >= 15 is 0 Å². The highest BCUT2D eigenvalue weighted by atomic mass is 35.5. The van der Waals surface area contributed by atoms with Gasteiger partial charge in [-0.3, -0.25) is 0 Å². The zero-order chi connectivity index (χ0) is 22.2. The van der Waals surface area contributed by atoms with E-state index in [1.165, 1.54) is 32.1 Å². The summed E-state index contributed by atoms with van der Waals surface area (Å²) >= 11 is 18.9. The standard InChI is InChI=1S/C26H30Cl3NO2/c1-2-31-24-11-17(13-30-25-19-6-15-5-16(8-19)9-20(25)7-15)10-23(29)26(24)32-14-18-3-4-21(27)12-22(18)28/h3-4,10-12,15-16,19-20,25,30H,2,5-9,13-14H2,1H3. The van der Waals surface area contributed by atoms with Gasteiger partial charge in [0.25, 0.3) is 0 Å². The number of rotatable bonds is 8. The molecule has 0 spiro atoms. The van der Waals surface area contributed by atoms with E-state index in [2.05, 4.69) is 11.4 Å². The third-order valence-electron chi connectivity index (χ3n) is 7.52. The molecule has 6 rings (SSSR count). The van der Waals surface area contributed by atoms with Crippen LogP contribution in [0.1, 0.15) is 50.2 Å². The number of hydrogen-bond donors (Lipinski definition) is 1. The summed E-state index contributed by atoms with van der Waals surface area (Å²) in [6.45, 7) is 3.60. The van der Waals surface area contributed by atoms with E-state index in [-0.39, 0.29) is 0 Å². The fraction of sp³-hybridized carbons (Fsp3) is 0.538. The Kier molecular flexibility index (Phi) is 6.81. The van der Waals surface area contributed by atoms with Gasteiger partial charge >= 0.3 is 0 Å². The van der Waals surface area contributed by atoms with Crippen molar-refractivity contribution in [3.63, 3.8) is 0 Å². The van der Waals surface area contributed by atoms with Gasteiger partial charge in [0.05, 0.1) is 11.6 Å². The lowest BCUT2D eigenvalue weighted by atomic mass is 9.54. The van der Waals surface area contributed by atoms with Gasteiger partial charge in [-0.25, -0.2) is 0 Å². The number of benzene rings is 2. The number of hydrogen-bond acceptors (Lipinski definition) is 3. The van der Waals surface area contributed by atoms with Crippen LogP contribution in [-0.2, 0) is 13.2 Å². The van der Waals surface area contributed by atoms with Crippen molar-refractivity contribution in [1.82, 2.24) is 5.32 Å². The number of halogens is 3. The molecule has 4 bridgehead atoms. The van der Waals surface area contributed by atoms with E-state index in [4.69, 9.17) is 44.3 Å². The predicted molar refractivity (Wildman–Crippen MR) is 131 cm³/mol. The van der Waals surface area contributed by atoms with Crippen molar-refractivity contribution < 1.29 is 9.47 Å². The Labute approximate surface area is 205 Å². The smallest absolute Gasteiger partial charge is 0.180 e. The monoisotopic (exact) mass is 493 g/mol. The van der Waals surface area contributed by atoms with Crippen LogP contribution in [0.3, 0.4) is 0 Å². The van der Waals surface area contributed by atoms with Crippen molar-refractivity contribution in [2.45, 2.75) is 58.2 Å².